The zero-order chi connectivity index (χ0) is 14.4. The lowest BCUT2D eigenvalue weighted by atomic mass is 10.1. The number of halogens is 1. The summed E-state index contributed by atoms with van der Waals surface area (Å²) in [7, 11) is 0. The van der Waals surface area contributed by atoms with Crippen LogP contribution < -0.4 is 11.1 Å². The van der Waals surface area contributed by atoms with E-state index in [-0.39, 0.29) is 5.82 Å². The second-order valence-electron chi connectivity index (χ2n) is 4.58. The zero-order valence-electron chi connectivity index (χ0n) is 11.1. The maximum absolute atomic E-state index is 13.4. The smallest absolute Gasteiger partial charge is 0.248 e. The molecule has 2 aromatic rings. The van der Waals surface area contributed by atoms with Crippen LogP contribution in [0.15, 0.2) is 48.5 Å². The molecule has 0 aromatic heterocycles. The Morgan fingerprint density at radius 1 is 1.15 bits per heavy atom. The van der Waals surface area contributed by atoms with Crippen molar-refractivity contribution in [1.82, 2.24) is 5.32 Å². The van der Waals surface area contributed by atoms with Crippen molar-refractivity contribution in [1.29, 1.82) is 0 Å². The van der Waals surface area contributed by atoms with E-state index in [1.54, 1.807) is 30.3 Å². The first-order valence-electron chi connectivity index (χ1n) is 6.49. The van der Waals surface area contributed by atoms with Crippen LogP contribution in [0.1, 0.15) is 21.5 Å². The maximum atomic E-state index is 13.4. The van der Waals surface area contributed by atoms with Crippen molar-refractivity contribution >= 4 is 5.91 Å². The van der Waals surface area contributed by atoms with Gasteiger partial charge in [-0.1, -0.05) is 30.3 Å². The van der Waals surface area contributed by atoms with E-state index in [4.69, 9.17) is 5.73 Å². The van der Waals surface area contributed by atoms with Gasteiger partial charge in [0.25, 0.3) is 0 Å². The van der Waals surface area contributed by atoms with Crippen molar-refractivity contribution in [2.45, 2.75) is 13.0 Å². The molecule has 3 nitrogen and oxygen atoms in total. The van der Waals surface area contributed by atoms with Crippen LogP contribution in [0.4, 0.5) is 4.39 Å². The lowest BCUT2D eigenvalue weighted by Gasteiger charge is -2.07. The lowest BCUT2D eigenvalue weighted by molar-refractivity contribution is 0.1000. The molecule has 3 N–H and O–H groups in total. The van der Waals surface area contributed by atoms with E-state index in [2.05, 4.69) is 5.32 Å². The minimum absolute atomic E-state index is 0.176. The van der Waals surface area contributed by atoms with E-state index < -0.39 is 5.91 Å². The number of hydrogen-bond donors (Lipinski definition) is 2. The molecule has 104 valence electrons. The van der Waals surface area contributed by atoms with Crippen LogP contribution in [0.5, 0.6) is 0 Å². The molecular weight excluding hydrogens is 255 g/mol. The van der Waals surface area contributed by atoms with Gasteiger partial charge in [-0.05, 0) is 42.3 Å². The summed E-state index contributed by atoms with van der Waals surface area (Å²) < 4.78 is 13.4. The molecule has 20 heavy (non-hydrogen) atoms. The number of primary amides is 1. The molecule has 0 saturated heterocycles. The van der Waals surface area contributed by atoms with Crippen molar-refractivity contribution in [3.8, 4) is 0 Å². The number of nitrogens with one attached hydrogen (secondary N) is 1. The SMILES string of the molecule is NC(=O)c1cccc(CNCCc2ccccc2F)c1. The molecule has 0 aliphatic heterocycles. The summed E-state index contributed by atoms with van der Waals surface area (Å²) in [6.45, 7) is 1.29. The highest BCUT2D eigenvalue weighted by Gasteiger charge is 2.02. The zero-order valence-corrected chi connectivity index (χ0v) is 11.1. The Balaban J connectivity index is 1.83. The number of hydrogen-bond acceptors (Lipinski definition) is 2. The molecule has 0 unspecified atom stereocenters. The number of benzene rings is 2. The van der Waals surface area contributed by atoms with Gasteiger partial charge in [0.2, 0.25) is 5.91 Å². The Hall–Kier alpha value is -2.20. The van der Waals surface area contributed by atoms with Crippen LogP contribution in [0, 0.1) is 5.82 Å². The first kappa shape index (κ1) is 14.2. The molecule has 0 bridgehead atoms. The van der Waals surface area contributed by atoms with Crippen LogP contribution in [0.25, 0.3) is 0 Å². The molecule has 0 atom stereocenters. The van der Waals surface area contributed by atoms with E-state index in [9.17, 15) is 9.18 Å². The maximum Gasteiger partial charge on any atom is 0.248 e. The van der Waals surface area contributed by atoms with E-state index in [0.717, 1.165) is 5.56 Å². The van der Waals surface area contributed by atoms with E-state index >= 15 is 0 Å². The van der Waals surface area contributed by atoms with Crippen LogP contribution >= 0.6 is 0 Å². The Morgan fingerprint density at radius 3 is 2.70 bits per heavy atom. The summed E-state index contributed by atoms with van der Waals surface area (Å²) in [6.07, 6.45) is 0.627. The molecule has 0 heterocycles. The molecule has 0 aliphatic rings. The van der Waals surface area contributed by atoms with Gasteiger partial charge in [-0.25, -0.2) is 4.39 Å². The van der Waals surface area contributed by atoms with Crippen LogP contribution in [0.3, 0.4) is 0 Å². The van der Waals surface area contributed by atoms with Crippen molar-refractivity contribution in [2.75, 3.05) is 6.54 Å². The Bertz CT molecular complexity index is 599. The summed E-state index contributed by atoms with van der Waals surface area (Å²) in [4.78, 5) is 11.1. The third-order valence-corrected chi connectivity index (χ3v) is 3.07. The quantitative estimate of drug-likeness (QED) is 0.792. The van der Waals surface area contributed by atoms with Gasteiger partial charge < -0.3 is 11.1 Å². The van der Waals surface area contributed by atoms with Crippen molar-refractivity contribution in [3.05, 3.63) is 71.0 Å². The summed E-state index contributed by atoms with van der Waals surface area (Å²) in [5.74, 6) is -0.608. The monoisotopic (exact) mass is 272 g/mol. The molecule has 0 fully saturated rings. The molecule has 0 spiro atoms. The number of carbonyl (C=O) groups is 1. The third-order valence-electron chi connectivity index (χ3n) is 3.07. The van der Waals surface area contributed by atoms with Gasteiger partial charge in [-0.3, -0.25) is 4.79 Å². The fraction of sp³-hybridized carbons (Fsp3) is 0.188. The highest BCUT2D eigenvalue weighted by Crippen LogP contribution is 2.07. The fourth-order valence-electron chi connectivity index (χ4n) is 1.99. The molecule has 4 heteroatoms. The van der Waals surface area contributed by atoms with Gasteiger partial charge in [0.1, 0.15) is 5.82 Å². The van der Waals surface area contributed by atoms with Gasteiger partial charge in [-0.15, -0.1) is 0 Å². The predicted molar refractivity (Wildman–Crippen MR) is 76.8 cm³/mol. The first-order chi connectivity index (χ1) is 9.66. The number of nitrogens with two attached hydrogens (primary N) is 1. The molecule has 2 aromatic carbocycles. The molecule has 1 amide bonds. The number of amides is 1. The predicted octanol–water partition coefficient (Wildman–Crippen LogP) is 2.26. The Morgan fingerprint density at radius 2 is 1.95 bits per heavy atom. The Kier molecular flexibility index (Phi) is 4.85. The van der Waals surface area contributed by atoms with Gasteiger partial charge in [-0.2, -0.15) is 0 Å². The van der Waals surface area contributed by atoms with Crippen molar-refractivity contribution < 1.29 is 9.18 Å². The van der Waals surface area contributed by atoms with Crippen LogP contribution in [-0.4, -0.2) is 12.5 Å². The summed E-state index contributed by atoms with van der Waals surface area (Å²) in [5, 5.41) is 3.22. The normalized spacial score (nSPS) is 10.4. The third kappa shape index (κ3) is 3.90. The van der Waals surface area contributed by atoms with Crippen molar-refractivity contribution in [2.24, 2.45) is 5.73 Å². The van der Waals surface area contributed by atoms with Gasteiger partial charge in [0.15, 0.2) is 0 Å². The second kappa shape index (κ2) is 6.82. The number of rotatable bonds is 6. The minimum atomic E-state index is -0.432. The summed E-state index contributed by atoms with van der Waals surface area (Å²) in [6, 6.07) is 13.9. The van der Waals surface area contributed by atoms with Gasteiger partial charge >= 0.3 is 0 Å². The molecule has 0 radical (unpaired) electrons. The second-order valence-corrected chi connectivity index (χ2v) is 4.58. The standard InChI is InChI=1S/C16H17FN2O/c17-15-7-2-1-5-13(15)8-9-19-11-12-4-3-6-14(10-12)16(18)20/h1-7,10,19H,8-9,11H2,(H2,18,20). The average Bonchev–Trinajstić information content (AvgIpc) is 2.45. The lowest BCUT2D eigenvalue weighted by Crippen LogP contribution is -2.18. The largest absolute Gasteiger partial charge is 0.366 e. The van der Waals surface area contributed by atoms with Gasteiger partial charge in [0.05, 0.1) is 0 Å². The fourth-order valence-corrected chi connectivity index (χ4v) is 1.99. The summed E-state index contributed by atoms with van der Waals surface area (Å²) >= 11 is 0. The Labute approximate surface area is 117 Å². The topological polar surface area (TPSA) is 55.1 Å². The van der Waals surface area contributed by atoms with Crippen molar-refractivity contribution in [3.63, 3.8) is 0 Å². The van der Waals surface area contributed by atoms with Gasteiger partial charge in [0, 0.05) is 12.1 Å². The highest BCUT2D eigenvalue weighted by molar-refractivity contribution is 5.92. The minimum Gasteiger partial charge on any atom is -0.366 e. The number of carbonyl (C=O) groups excluding carboxylic acids is 1. The highest BCUT2D eigenvalue weighted by atomic mass is 19.1. The van der Waals surface area contributed by atoms with Crippen LogP contribution in [-0.2, 0) is 13.0 Å². The molecule has 2 rings (SSSR count). The van der Waals surface area contributed by atoms with E-state index in [1.807, 2.05) is 12.1 Å². The molecule has 0 aliphatic carbocycles. The van der Waals surface area contributed by atoms with E-state index in [1.165, 1.54) is 6.07 Å². The van der Waals surface area contributed by atoms with E-state index in [0.29, 0.717) is 30.6 Å². The first-order valence-corrected chi connectivity index (χ1v) is 6.49. The molecule has 0 saturated carbocycles. The average molecular weight is 272 g/mol. The van der Waals surface area contributed by atoms with Crippen LogP contribution in [0.2, 0.25) is 0 Å². The molecular formula is C16H17FN2O. The summed E-state index contributed by atoms with van der Waals surface area (Å²) in [5.41, 5.74) is 7.41.